The van der Waals surface area contributed by atoms with Crippen molar-refractivity contribution < 1.29 is 19.2 Å². The van der Waals surface area contributed by atoms with Crippen molar-refractivity contribution in [2.45, 2.75) is 57.0 Å². The second-order valence-corrected chi connectivity index (χ2v) is 7.22. The number of hydrogen-bond acceptors (Lipinski definition) is 4. The monoisotopic (exact) mass is 336 g/mol. The van der Waals surface area contributed by atoms with Gasteiger partial charge in [0, 0.05) is 6.04 Å². The number of rotatable bonds is 6. The van der Waals surface area contributed by atoms with Crippen LogP contribution < -0.4 is 11.1 Å². The highest BCUT2D eigenvalue weighted by Gasteiger charge is 2.56. The topological polar surface area (TPSA) is 113 Å². The van der Waals surface area contributed by atoms with E-state index >= 15 is 0 Å². The third-order valence-electron chi connectivity index (χ3n) is 5.40. The van der Waals surface area contributed by atoms with E-state index in [-0.39, 0.29) is 31.0 Å². The second-order valence-electron chi connectivity index (χ2n) is 7.22. The Morgan fingerprint density at radius 2 is 1.88 bits per heavy atom. The first-order valence-corrected chi connectivity index (χ1v) is 8.55. The Morgan fingerprint density at radius 1 is 1.25 bits per heavy atom. The fourth-order valence-electron chi connectivity index (χ4n) is 3.83. The van der Waals surface area contributed by atoms with E-state index in [1.807, 2.05) is 0 Å². The molecule has 8 heteroatoms. The molecule has 2 aliphatic carbocycles. The highest BCUT2D eigenvalue weighted by Crippen LogP contribution is 2.42. The smallest absolute Gasteiger partial charge is 0.325 e. The minimum Gasteiger partial charge on any atom is -0.368 e. The molecule has 1 unspecified atom stereocenters. The molecule has 1 aliphatic heterocycles. The number of nitrogens with zero attached hydrogens (tertiary/aromatic N) is 2. The maximum atomic E-state index is 12.7. The molecule has 0 bridgehead atoms. The first kappa shape index (κ1) is 16.7. The Balaban J connectivity index is 1.70. The zero-order valence-corrected chi connectivity index (χ0v) is 13.9. The minimum atomic E-state index is -0.904. The fraction of sp³-hybridized carbons (Fsp3) is 0.750. The van der Waals surface area contributed by atoms with Gasteiger partial charge in [-0.25, -0.2) is 4.79 Å². The molecule has 3 aliphatic rings. The van der Waals surface area contributed by atoms with Crippen LogP contribution in [0.2, 0.25) is 0 Å². The second kappa shape index (κ2) is 6.07. The van der Waals surface area contributed by atoms with E-state index in [1.165, 1.54) is 4.90 Å². The zero-order chi connectivity index (χ0) is 17.5. The van der Waals surface area contributed by atoms with Gasteiger partial charge in [0.2, 0.25) is 11.8 Å². The number of nitrogens with two attached hydrogens (primary N) is 1. The van der Waals surface area contributed by atoms with Crippen molar-refractivity contribution in [3.05, 3.63) is 0 Å². The molecule has 3 fully saturated rings. The van der Waals surface area contributed by atoms with E-state index < -0.39 is 23.4 Å². The zero-order valence-electron chi connectivity index (χ0n) is 13.9. The van der Waals surface area contributed by atoms with Gasteiger partial charge in [-0.1, -0.05) is 12.8 Å². The maximum absolute atomic E-state index is 12.7. The Bertz CT molecular complexity index is 583. The van der Waals surface area contributed by atoms with Crippen LogP contribution in [0, 0.1) is 5.92 Å². The highest BCUT2D eigenvalue weighted by atomic mass is 16.2. The lowest BCUT2D eigenvalue weighted by Gasteiger charge is -2.29. The van der Waals surface area contributed by atoms with Crippen LogP contribution in [0.1, 0.15) is 45.4 Å². The van der Waals surface area contributed by atoms with E-state index in [1.54, 1.807) is 6.92 Å². The van der Waals surface area contributed by atoms with E-state index in [9.17, 15) is 19.2 Å². The third-order valence-corrected chi connectivity index (χ3v) is 5.40. The predicted molar refractivity (Wildman–Crippen MR) is 84.5 cm³/mol. The molecule has 1 heterocycles. The Morgan fingerprint density at radius 3 is 2.42 bits per heavy atom. The lowest BCUT2D eigenvalue weighted by Crippen LogP contribution is -2.50. The summed E-state index contributed by atoms with van der Waals surface area (Å²) in [7, 11) is 0. The molecule has 5 amide bonds. The van der Waals surface area contributed by atoms with Crippen molar-refractivity contribution in [3.8, 4) is 0 Å². The first-order valence-electron chi connectivity index (χ1n) is 8.55. The average molecular weight is 336 g/mol. The lowest BCUT2D eigenvalue weighted by molar-refractivity contribution is -0.142. The number of imide groups is 1. The first-order chi connectivity index (χ1) is 11.3. The van der Waals surface area contributed by atoms with Crippen molar-refractivity contribution in [3.63, 3.8) is 0 Å². The van der Waals surface area contributed by atoms with Crippen molar-refractivity contribution >= 4 is 23.8 Å². The number of hydrogen-bond donors (Lipinski definition) is 2. The summed E-state index contributed by atoms with van der Waals surface area (Å²) >= 11 is 0. The molecular formula is C16H24N4O4. The van der Waals surface area contributed by atoms with Gasteiger partial charge in [-0.2, -0.15) is 0 Å². The average Bonchev–Trinajstić information content (AvgIpc) is 3.20. The summed E-state index contributed by atoms with van der Waals surface area (Å²) < 4.78 is 0. The molecule has 2 saturated carbocycles. The van der Waals surface area contributed by atoms with Crippen molar-refractivity contribution in [1.29, 1.82) is 0 Å². The van der Waals surface area contributed by atoms with Crippen LogP contribution >= 0.6 is 0 Å². The maximum Gasteiger partial charge on any atom is 0.325 e. The molecule has 1 atom stereocenters. The summed E-state index contributed by atoms with van der Waals surface area (Å²) in [6, 6.07) is -0.575. The number of carbonyl (C=O) groups is 4. The van der Waals surface area contributed by atoms with Crippen LogP contribution in [0.5, 0.6) is 0 Å². The Hall–Kier alpha value is -2.12. The number of urea groups is 1. The predicted octanol–water partition coefficient (Wildman–Crippen LogP) is -0.0366. The van der Waals surface area contributed by atoms with Crippen molar-refractivity contribution in [2.24, 2.45) is 11.7 Å². The molecule has 0 aromatic rings. The lowest BCUT2D eigenvalue weighted by atomic mass is 9.96. The number of nitrogens with one attached hydrogen (secondary N) is 1. The van der Waals surface area contributed by atoms with E-state index in [0.29, 0.717) is 0 Å². The summed E-state index contributed by atoms with van der Waals surface area (Å²) in [6.07, 6.45) is 5.43. The number of amides is 5. The summed E-state index contributed by atoms with van der Waals surface area (Å²) in [5.41, 5.74) is 4.36. The molecule has 132 valence electrons. The van der Waals surface area contributed by atoms with Crippen LogP contribution in [0.3, 0.4) is 0 Å². The Labute approximate surface area is 140 Å². The van der Waals surface area contributed by atoms with Gasteiger partial charge < -0.3 is 16.0 Å². The van der Waals surface area contributed by atoms with Gasteiger partial charge in [-0.05, 0) is 38.5 Å². The van der Waals surface area contributed by atoms with Gasteiger partial charge >= 0.3 is 6.03 Å². The number of primary amides is 1. The third kappa shape index (κ3) is 2.97. The summed E-state index contributed by atoms with van der Waals surface area (Å²) in [5.74, 6) is -1.20. The SMILES string of the molecule is CC1(C2CC2)NC(=O)N(CC(=O)N(CC(N)=O)C2CCCC2)C1=O. The standard InChI is InChI=1S/C16H24N4O4/c1-16(10-6-7-10)14(23)20(15(24)18-16)9-13(22)19(8-12(17)21)11-4-2-3-5-11/h10-11H,2-9H2,1H3,(H2,17,21)(H,18,24). The largest absolute Gasteiger partial charge is 0.368 e. The molecule has 0 aromatic carbocycles. The van der Waals surface area contributed by atoms with Crippen LogP contribution in [0.4, 0.5) is 4.79 Å². The Kier molecular flexibility index (Phi) is 4.23. The van der Waals surface area contributed by atoms with Gasteiger partial charge in [-0.3, -0.25) is 19.3 Å². The van der Waals surface area contributed by atoms with Crippen LogP contribution in [0.25, 0.3) is 0 Å². The summed E-state index contributed by atoms with van der Waals surface area (Å²) in [6.45, 7) is 1.21. The van der Waals surface area contributed by atoms with Crippen LogP contribution in [-0.4, -0.2) is 58.2 Å². The van der Waals surface area contributed by atoms with Gasteiger partial charge in [0.15, 0.2) is 0 Å². The molecule has 1 saturated heterocycles. The quantitative estimate of drug-likeness (QED) is 0.663. The van der Waals surface area contributed by atoms with Crippen LogP contribution in [0.15, 0.2) is 0 Å². The molecule has 0 spiro atoms. The molecule has 24 heavy (non-hydrogen) atoms. The van der Waals surface area contributed by atoms with Crippen molar-refractivity contribution in [1.82, 2.24) is 15.1 Å². The summed E-state index contributed by atoms with van der Waals surface area (Å²) in [4.78, 5) is 51.1. The molecule has 3 rings (SSSR count). The number of carbonyl (C=O) groups excluding carboxylic acids is 4. The molecular weight excluding hydrogens is 312 g/mol. The molecule has 0 radical (unpaired) electrons. The molecule has 3 N–H and O–H groups in total. The van der Waals surface area contributed by atoms with Gasteiger partial charge in [0.05, 0.1) is 6.54 Å². The van der Waals surface area contributed by atoms with Gasteiger partial charge in [0.1, 0.15) is 12.1 Å². The van der Waals surface area contributed by atoms with Gasteiger partial charge in [0.25, 0.3) is 5.91 Å². The van der Waals surface area contributed by atoms with Crippen LogP contribution in [-0.2, 0) is 14.4 Å². The minimum absolute atomic E-state index is 0.0411. The van der Waals surface area contributed by atoms with E-state index in [2.05, 4.69) is 5.32 Å². The highest BCUT2D eigenvalue weighted by molar-refractivity contribution is 6.09. The molecule has 8 nitrogen and oxygen atoms in total. The summed E-state index contributed by atoms with van der Waals surface area (Å²) in [5, 5.41) is 2.72. The van der Waals surface area contributed by atoms with E-state index in [4.69, 9.17) is 5.73 Å². The van der Waals surface area contributed by atoms with Crippen molar-refractivity contribution in [2.75, 3.05) is 13.1 Å². The molecule has 0 aromatic heterocycles. The van der Waals surface area contributed by atoms with E-state index in [0.717, 1.165) is 43.4 Å². The normalized spacial score (nSPS) is 27.5. The van der Waals surface area contributed by atoms with Gasteiger partial charge in [-0.15, -0.1) is 0 Å². The fourth-order valence-corrected chi connectivity index (χ4v) is 3.83.